The second kappa shape index (κ2) is 15.3. The van der Waals surface area contributed by atoms with Gasteiger partial charge in [-0.15, -0.1) is 0 Å². The highest BCUT2D eigenvalue weighted by Gasteiger charge is 2.21. The van der Waals surface area contributed by atoms with E-state index in [0.717, 1.165) is 106 Å². The van der Waals surface area contributed by atoms with Crippen molar-refractivity contribution in [2.75, 3.05) is 19.0 Å². The fraction of sp³-hybridized carbons (Fsp3) is 0.0370. The molecule has 2 aliphatic heterocycles. The molecule has 0 saturated carbocycles. The zero-order chi connectivity index (χ0) is 39.7. The standard InChI is InChI=1S/C54H41N5/c1-59(2)42-27-24-36(25-28-42)23-26-41-35-49-52(39-19-11-5-12-20-39)47-32-31-45(56-47)50(37-15-7-3-8-16-37)43-29-30-44(55-43)51(38-17-9-4-10-18-38)46-33-34-48(57-46)53(54(41)58-49)40-21-13-6-14-22-40/h3-35,56-57H,1-2H3/b26-23+,50-43?,50-45?,51-44?,51-46?,52-47?,52-49?,53-48?,54-53?. The second-order valence-corrected chi connectivity index (χ2v) is 15.0. The van der Waals surface area contributed by atoms with Crippen LogP contribution in [-0.4, -0.2) is 34.0 Å². The molecule has 8 aromatic rings. The number of H-pyrrole nitrogens is 2. The van der Waals surface area contributed by atoms with Gasteiger partial charge < -0.3 is 14.9 Å². The minimum atomic E-state index is 0.876. The van der Waals surface area contributed by atoms with Gasteiger partial charge in [-0.25, -0.2) is 9.97 Å². The number of benzene rings is 5. The summed E-state index contributed by atoms with van der Waals surface area (Å²) >= 11 is 0. The Kier molecular flexibility index (Phi) is 9.24. The first-order valence-corrected chi connectivity index (χ1v) is 19.9. The average Bonchev–Trinajstić information content (AvgIpc) is 4.12. The van der Waals surface area contributed by atoms with E-state index in [1.807, 2.05) is 0 Å². The van der Waals surface area contributed by atoms with Gasteiger partial charge in [0.15, 0.2) is 0 Å². The van der Waals surface area contributed by atoms with E-state index in [9.17, 15) is 0 Å². The summed E-state index contributed by atoms with van der Waals surface area (Å²) in [5.41, 5.74) is 19.1. The molecule has 0 saturated heterocycles. The third-order valence-electron chi connectivity index (χ3n) is 11.0. The molecule has 3 aromatic heterocycles. The first-order valence-electron chi connectivity index (χ1n) is 19.9. The predicted octanol–water partition coefficient (Wildman–Crippen LogP) is 13.5. The lowest BCUT2D eigenvalue weighted by molar-refractivity contribution is 1.13. The topological polar surface area (TPSA) is 60.6 Å². The minimum absolute atomic E-state index is 0.876. The zero-order valence-corrected chi connectivity index (χ0v) is 32.9. The van der Waals surface area contributed by atoms with Gasteiger partial charge in [0.2, 0.25) is 0 Å². The summed E-state index contributed by atoms with van der Waals surface area (Å²) in [7, 11) is 4.13. The van der Waals surface area contributed by atoms with Crippen molar-refractivity contribution in [1.82, 2.24) is 19.9 Å². The number of aromatic amines is 2. The van der Waals surface area contributed by atoms with Crippen molar-refractivity contribution in [2.45, 2.75) is 0 Å². The highest BCUT2D eigenvalue weighted by atomic mass is 15.1. The monoisotopic (exact) mass is 759 g/mol. The van der Waals surface area contributed by atoms with Crippen molar-refractivity contribution in [1.29, 1.82) is 0 Å². The minimum Gasteiger partial charge on any atom is -0.378 e. The van der Waals surface area contributed by atoms with E-state index in [0.29, 0.717) is 0 Å². The first-order chi connectivity index (χ1) is 29.1. The first kappa shape index (κ1) is 35.6. The van der Waals surface area contributed by atoms with Crippen molar-refractivity contribution in [2.24, 2.45) is 0 Å². The number of aromatic nitrogens is 4. The lowest BCUT2D eigenvalue weighted by atomic mass is 9.99. The summed E-state index contributed by atoms with van der Waals surface area (Å²) in [5, 5.41) is 0. The summed E-state index contributed by atoms with van der Waals surface area (Å²) in [5.74, 6) is 0. The van der Waals surface area contributed by atoms with Crippen LogP contribution in [0.3, 0.4) is 0 Å². The molecule has 5 nitrogen and oxygen atoms in total. The molecule has 2 aliphatic rings. The molecular weight excluding hydrogens is 719 g/mol. The highest BCUT2D eigenvalue weighted by Crippen LogP contribution is 2.40. The van der Waals surface area contributed by atoms with Gasteiger partial charge >= 0.3 is 0 Å². The number of anilines is 1. The number of hydrogen-bond acceptors (Lipinski definition) is 3. The van der Waals surface area contributed by atoms with Gasteiger partial charge in [-0.2, -0.15) is 0 Å². The van der Waals surface area contributed by atoms with Crippen LogP contribution in [0.5, 0.6) is 0 Å². The predicted molar refractivity (Wildman–Crippen MR) is 249 cm³/mol. The van der Waals surface area contributed by atoms with Crippen molar-refractivity contribution in [3.63, 3.8) is 0 Å². The van der Waals surface area contributed by atoms with Crippen LogP contribution in [0.1, 0.15) is 28.3 Å². The Hall–Kier alpha value is -7.76. The summed E-state index contributed by atoms with van der Waals surface area (Å²) in [6.45, 7) is 0. The molecule has 0 spiro atoms. The lowest BCUT2D eigenvalue weighted by Crippen LogP contribution is -2.07. The normalized spacial score (nSPS) is 12.2. The maximum Gasteiger partial charge on any atom is 0.0809 e. The largest absolute Gasteiger partial charge is 0.378 e. The molecule has 2 N–H and O–H groups in total. The Labute approximate surface area is 344 Å². The number of hydrogen-bond donors (Lipinski definition) is 2. The van der Waals surface area contributed by atoms with E-state index >= 15 is 0 Å². The number of rotatable bonds is 7. The quantitative estimate of drug-likeness (QED) is 0.170. The zero-order valence-electron chi connectivity index (χ0n) is 32.9. The molecule has 10 rings (SSSR count). The molecule has 282 valence electrons. The summed E-state index contributed by atoms with van der Waals surface area (Å²) < 4.78 is 0. The Morgan fingerprint density at radius 3 is 1.25 bits per heavy atom. The third kappa shape index (κ3) is 6.89. The van der Waals surface area contributed by atoms with E-state index in [2.05, 4.69) is 229 Å². The van der Waals surface area contributed by atoms with Gasteiger partial charge in [-0.1, -0.05) is 146 Å². The summed E-state index contributed by atoms with van der Waals surface area (Å²) in [4.78, 5) is 20.9. The lowest BCUT2D eigenvalue weighted by Gasteiger charge is -2.11. The summed E-state index contributed by atoms with van der Waals surface area (Å²) in [6.07, 6.45) is 10.9. The van der Waals surface area contributed by atoms with Gasteiger partial charge in [0.25, 0.3) is 0 Å². The third-order valence-corrected chi connectivity index (χ3v) is 11.0. The van der Waals surface area contributed by atoms with Crippen molar-refractivity contribution < 1.29 is 0 Å². The van der Waals surface area contributed by atoms with Crippen LogP contribution >= 0.6 is 0 Å². The highest BCUT2D eigenvalue weighted by molar-refractivity contribution is 6.04. The van der Waals surface area contributed by atoms with Gasteiger partial charge in [-0.3, -0.25) is 0 Å². The fourth-order valence-corrected chi connectivity index (χ4v) is 8.14. The molecule has 0 atom stereocenters. The number of nitrogens with zero attached hydrogens (tertiary/aromatic N) is 3. The van der Waals surface area contributed by atoms with E-state index in [-0.39, 0.29) is 0 Å². The van der Waals surface area contributed by atoms with Crippen LogP contribution in [-0.2, 0) is 0 Å². The maximum atomic E-state index is 5.64. The van der Waals surface area contributed by atoms with E-state index < -0.39 is 0 Å². The Morgan fingerprint density at radius 2 is 0.814 bits per heavy atom. The Morgan fingerprint density at radius 1 is 0.407 bits per heavy atom. The molecule has 0 amide bonds. The smallest absolute Gasteiger partial charge is 0.0809 e. The SMILES string of the molecule is CN(C)c1ccc(/C=C/C2=Cc3nc2c(-c2ccccc2)c2ccc([nH]2)c(-c2ccccc2)c2nc(c(-c4ccccc4)c4ccc([nH]4)c3-c3ccccc3)C=C2)cc1. The fourth-order valence-electron chi connectivity index (χ4n) is 8.14. The Balaban J connectivity index is 1.36. The van der Waals surface area contributed by atoms with Gasteiger partial charge in [0, 0.05) is 69.7 Å². The number of allylic oxidation sites excluding steroid dienone is 2. The van der Waals surface area contributed by atoms with Crippen LogP contribution in [0.15, 0.2) is 176 Å². The van der Waals surface area contributed by atoms with Crippen LogP contribution in [0.2, 0.25) is 0 Å². The van der Waals surface area contributed by atoms with Crippen molar-refractivity contribution >= 4 is 57.6 Å². The number of fused-ring (bicyclic) bond motifs is 8. The second-order valence-electron chi connectivity index (χ2n) is 15.0. The molecule has 5 heterocycles. The molecule has 59 heavy (non-hydrogen) atoms. The van der Waals surface area contributed by atoms with E-state index in [1.165, 1.54) is 0 Å². The molecule has 5 aromatic carbocycles. The number of nitrogens with one attached hydrogen (secondary N) is 2. The van der Waals surface area contributed by atoms with Gasteiger partial charge in [-0.05, 0) is 82.4 Å². The molecular formula is C54H41N5. The molecule has 0 aliphatic carbocycles. The molecule has 0 fully saturated rings. The van der Waals surface area contributed by atoms with E-state index in [1.54, 1.807) is 0 Å². The summed E-state index contributed by atoms with van der Waals surface area (Å²) in [6, 6.07) is 59.6. The average molecular weight is 760 g/mol. The Bertz CT molecular complexity index is 3080. The maximum absolute atomic E-state index is 5.64. The van der Waals surface area contributed by atoms with Crippen molar-refractivity contribution in [3.8, 4) is 44.5 Å². The van der Waals surface area contributed by atoms with Gasteiger partial charge in [0.1, 0.15) is 0 Å². The van der Waals surface area contributed by atoms with Crippen molar-refractivity contribution in [3.05, 3.63) is 204 Å². The molecule has 5 heteroatoms. The van der Waals surface area contributed by atoms with Gasteiger partial charge in [0.05, 0.1) is 22.8 Å². The van der Waals surface area contributed by atoms with Crippen LogP contribution in [0, 0.1) is 0 Å². The molecule has 8 bridgehead atoms. The van der Waals surface area contributed by atoms with Crippen LogP contribution < -0.4 is 4.90 Å². The molecule has 0 radical (unpaired) electrons. The van der Waals surface area contributed by atoms with Crippen LogP contribution in [0.25, 0.3) is 96.5 Å². The molecule has 0 unspecified atom stereocenters. The van der Waals surface area contributed by atoms with E-state index in [4.69, 9.17) is 9.97 Å². The van der Waals surface area contributed by atoms with Crippen LogP contribution in [0.4, 0.5) is 5.69 Å².